The van der Waals surface area contributed by atoms with Crippen molar-refractivity contribution in [3.05, 3.63) is 48.6 Å². The third-order valence-corrected chi connectivity index (χ3v) is 11.6. The molecule has 29 heavy (non-hydrogen) atoms. The first kappa shape index (κ1) is 28.4. The molecule has 0 unspecified atom stereocenters. The van der Waals surface area contributed by atoms with E-state index in [1.54, 1.807) is 24.6 Å². The van der Waals surface area contributed by atoms with E-state index in [4.69, 9.17) is 0 Å². The average Bonchev–Trinajstić information content (AvgIpc) is 2.73. The fraction of sp³-hybridized carbons (Fsp3) is 0.714. The molecule has 0 amide bonds. The number of rotatable bonds is 20. The molecule has 0 saturated heterocycles. The van der Waals surface area contributed by atoms with Crippen LogP contribution >= 0.6 is 7.26 Å². The van der Waals surface area contributed by atoms with Crippen molar-refractivity contribution in [2.45, 2.75) is 105 Å². The summed E-state index contributed by atoms with van der Waals surface area (Å²) in [5.41, 5.74) is 0. The summed E-state index contributed by atoms with van der Waals surface area (Å²) in [6.07, 6.45) is 40.9. The van der Waals surface area contributed by atoms with Crippen molar-refractivity contribution >= 4 is 7.26 Å². The van der Waals surface area contributed by atoms with Crippen LogP contribution in [0.15, 0.2) is 48.6 Å². The summed E-state index contributed by atoms with van der Waals surface area (Å²) in [5, 5.41) is 0. The SMILES string of the molecule is CC/C=C/CCC[PH](CCC/C=C/CC)(CCC/C=C/CC)CCC/C=C/CC. The van der Waals surface area contributed by atoms with Gasteiger partial charge in [-0.2, -0.15) is 0 Å². The summed E-state index contributed by atoms with van der Waals surface area (Å²) in [6.45, 7) is 8.97. The van der Waals surface area contributed by atoms with Gasteiger partial charge in [0.05, 0.1) is 0 Å². The Bertz CT molecular complexity index is 356. The van der Waals surface area contributed by atoms with Gasteiger partial charge in [-0.3, -0.25) is 0 Å². The summed E-state index contributed by atoms with van der Waals surface area (Å²) in [6, 6.07) is 0. The molecule has 0 aromatic rings. The second kappa shape index (κ2) is 22.1. The minimum atomic E-state index is -1.17. The van der Waals surface area contributed by atoms with Gasteiger partial charge < -0.3 is 0 Å². The summed E-state index contributed by atoms with van der Waals surface area (Å²) in [7, 11) is -1.17. The van der Waals surface area contributed by atoms with E-state index >= 15 is 0 Å². The molecule has 0 N–H and O–H groups in total. The maximum absolute atomic E-state index is 2.43. The average molecular weight is 421 g/mol. The number of allylic oxidation sites excluding steroid dienone is 8. The van der Waals surface area contributed by atoms with Crippen LogP contribution < -0.4 is 0 Å². The Morgan fingerprint density at radius 2 is 0.621 bits per heavy atom. The molecular weight excluding hydrogens is 367 g/mol. The van der Waals surface area contributed by atoms with Crippen LogP contribution in [0.4, 0.5) is 0 Å². The Hall–Kier alpha value is -0.610. The van der Waals surface area contributed by atoms with Crippen molar-refractivity contribution in [1.29, 1.82) is 0 Å². The molecule has 0 radical (unpaired) electrons. The Balaban J connectivity index is 4.94. The summed E-state index contributed by atoms with van der Waals surface area (Å²) >= 11 is 0. The Kier molecular flexibility index (Phi) is 21.6. The maximum atomic E-state index is 2.43. The fourth-order valence-corrected chi connectivity index (χ4v) is 9.58. The van der Waals surface area contributed by atoms with Crippen LogP contribution in [-0.2, 0) is 0 Å². The zero-order valence-electron chi connectivity index (χ0n) is 20.4. The van der Waals surface area contributed by atoms with Gasteiger partial charge in [0.2, 0.25) is 0 Å². The normalized spacial score (nSPS) is 13.7. The molecule has 0 aliphatic carbocycles. The van der Waals surface area contributed by atoms with E-state index in [0.29, 0.717) is 0 Å². The first-order valence-corrected chi connectivity index (χ1v) is 15.7. The second-order valence-corrected chi connectivity index (χ2v) is 13.6. The van der Waals surface area contributed by atoms with Crippen LogP contribution in [0.1, 0.15) is 105 Å². The van der Waals surface area contributed by atoms with Crippen molar-refractivity contribution in [1.82, 2.24) is 0 Å². The number of unbranched alkanes of at least 4 members (excludes halogenated alkanes) is 4. The van der Waals surface area contributed by atoms with Gasteiger partial charge in [-0.25, -0.2) is 0 Å². The van der Waals surface area contributed by atoms with E-state index in [-0.39, 0.29) is 0 Å². The third-order valence-electron chi connectivity index (χ3n) is 5.92. The van der Waals surface area contributed by atoms with Crippen LogP contribution in [0, 0.1) is 0 Å². The van der Waals surface area contributed by atoms with Crippen molar-refractivity contribution in [3.8, 4) is 0 Å². The molecule has 0 bridgehead atoms. The van der Waals surface area contributed by atoms with Gasteiger partial charge in [0.15, 0.2) is 0 Å². The molecule has 0 heterocycles. The van der Waals surface area contributed by atoms with Gasteiger partial charge >= 0.3 is 185 Å². The summed E-state index contributed by atoms with van der Waals surface area (Å²) in [5.74, 6) is 0. The first-order valence-electron chi connectivity index (χ1n) is 12.8. The zero-order chi connectivity index (χ0) is 21.5. The van der Waals surface area contributed by atoms with E-state index < -0.39 is 7.26 Å². The fourth-order valence-electron chi connectivity index (χ4n) is 4.27. The second-order valence-electron chi connectivity index (χ2n) is 8.59. The van der Waals surface area contributed by atoms with Gasteiger partial charge in [-0.05, 0) is 0 Å². The Labute approximate surface area is 185 Å². The van der Waals surface area contributed by atoms with Crippen LogP contribution in [0.3, 0.4) is 0 Å². The molecule has 0 aliphatic rings. The molecule has 0 aliphatic heterocycles. The van der Waals surface area contributed by atoms with E-state index in [1.165, 1.54) is 77.0 Å². The van der Waals surface area contributed by atoms with Crippen molar-refractivity contribution in [3.63, 3.8) is 0 Å². The monoisotopic (exact) mass is 420 g/mol. The quantitative estimate of drug-likeness (QED) is 0.104. The van der Waals surface area contributed by atoms with Crippen molar-refractivity contribution < 1.29 is 0 Å². The van der Waals surface area contributed by atoms with E-state index in [2.05, 4.69) is 76.3 Å². The van der Waals surface area contributed by atoms with E-state index in [0.717, 1.165) is 0 Å². The molecular formula is C28H53P. The molecule has 0 nitrogen and oxygen atoms in total. The molecule has 170 valence electrons. The summed E-state index contributed by atoms with van der Waals surface area (Å²) < 4.78 is 0. The van der Waals surface area contributed by atoms with Gasteiger partial charge in [-0.15, -0.1) is 0 Å². The molecule has 0 spiro atoms. The topological polar surface area (TPSA) is 0 Å². The first-order chi connectivity index (χ1) is 14.2. The van der Waals surface area contributed by atoms with Crippen molar-refractivity contribution in [2.75, 3.05) is 24.6 Å². The molecule has 1 heteroatoms. The van der Waals surface area contributed by atoms with Crippen LogP contribution in [0.5, 0.6) is 0 Å². The molecule has 0 saturated carbocycles. The van der Waals surface area contributed by atoms with Crippen LogP contribution in [-0.4, -0.2) is 24.6 Å². The van der Waals surface area contributed by atoms with E-state index in [1.807, 2.05) is 0 Å². The van der Waals surface area contributed by atoms with Gasteiger partial charge in [0.25, 0.3) is 0 Å². The number of hydrogen-bond donors (Lipinski definition) is 0. The minimum absolute atomic E-state index is 1.17. The number of hydrogen-bond acceptors (Lipinski definition) is 0. The zero-order valence-corrected chi connectivity index (χ0v) is 21.4. The van der Waals surface area contributed by atoms with Gasteiger partial charge in [0.1, 0.15) is 0 Å². The van der Waals surface area contributed by atoms with E-state index in [9.17, 15) is 0 Å². The molecule has 0 aromatic carbocycles. The van der Waals surface area contributed by atoms with Gasteiger partial charge in [-0.1, -0.05) is 0 Å². The molecule has 0 atom stereocenters. The van der Waals surface area contributed by atoms with Gasteiger partial charge in [0, 0.05) is 0 Å². The molecule has 0 rings (SSSR count). The van der Waals surface area contributed by atoms with Crippen LogP contribution in [0.2, 0.25) is 0 Å². The van der Waals surface area contributed by atoms with Crippen LogP contribution in [0.25, 0.3) is 0 Å². The predicted molar refractivity (Wildman–Crippen MR) is 142 cm³/mol. The predicted octanol–water partition coefficient (Wildman–Crippen LogP) is 9.72. The standard InChI is InChI=1S/C28H53P/c1-5-9-13-17-21-25-29(26-22-18-14-10-6-2,27-23-19-15-11-7-3)28-24-20-16-12-8-4/h9-16,29H,5-8,17-28H2,1-4H3/b13-9+,14-10+,15-11+,16-12+. The molecule has 0 aromatic heterocycles. The Morgan fingerprint density at radius 1 is 0.379 bits per heavy atom. The van der Waals surface area contributed by atoms with Crippen molar-refractivity contribution in [2.24, 2.45) is 0 Å². The summed E-state index contributed by atoms with van der Waals surface area (Å²) in [4.78, 5) is 0. The Morgan fingerprint density at radius 3 is 0.828 bits per heavy atom. The third kappa shape index (κ3) is 17.9. The molecule has 0 fully saturated rings.